The molecule has 0 radical (unpaired) electrons. The van der Waals surface area contributed by atoms with Crippen LogP contribution in [0.5, 0.6) is 69.0 Å². The minimum absolute atomic E-state index is 0.0286. The third kappa shape index (κ3) is 23.1. The van der Waals surface area contributed by atoms with Crippen LogP contribution in [0.15, 0.2) is 115 Å². The van der Waals surface area contributed by atoms with E-state index in [4.69, 9.17) is 71.6 Å². The molecule has 44 heteroatoms. The highest BCUT2D eigenvalue weighted by molar-refractivity contribution is 6.32. The van der Waals surface area contributed by atoms with Crippen molar-refractivity contribution >= 4 is 76.4 Å². The SMILES string of the molecule is CCCCCCCCCCCCCCCC(=O)NC1[C@H](Oc2c3cc4cc2Oc2ccc(cc2Cl)[C@@H](O[C@@H]2OC(CO)[C@@H](O)C(O)[C@@H]2NC(C)=O)[C@@H]2NC(=O)[C@H](NC(=O)[C@@H]4NC(=O)[C@H]4NC(=O)[C@@H](Cc5ccc(c(Cl)c5)O3)NC(=O)[C@H](N)c3ccc(O)c(c3)Oc3cc(O)cc4c3)c3ccc(O)c(c3)-c3c(O[C@H]4OC(CO)[C@@H](O)[C@@H](O)C4O)cc(O)cc3[C@@H](C(=O)O)NC2=O)OC(CO)[C@@H](O)[C@@H]1O. The number of nitrogens with one attached hydrogen (secondary N) is 8. The average molecular weight is 1960 g/mol. The van der Waals surface area contributed by atoms with Crippen LogP contribution in [0.25, 0.3) is 11.1 Å². The zero-order chi connectivity index (χ0) is 98.9. The number of benzene rings is 7. The predicted octanol–water partition coefficient (Wildman–Crippen LogP) is 3.50. The molecule has 7 aromatic rings. The first-order valence-electron chi connectivity index (χ1n) is 45.1. The quantitative estimate of drug-likeness (QED) is 0.0345. The van der Waals surface area contributed by atoms with Gasteiger partial charge in [0.2, 0.25) is 65.6 Å². The lowest BCUT2D eigenvalue weighted by molar-refractivity contribution is -0.284. The summed E-state index contributed by atoms with van der Waals surface area (Å²) in [6.45, 7) is 0.00317. The highest BCUT2D eigenvalue weighted by Gasteiger charge is 2.52. The maximum Gasteiger partial charge on any atom is 0.330 e. The fourth-order valence-corrected chi connectivity index (χ4v) is 18.1. The fourth-order valence-electron chi connectivity index (χ4n) is 17.6. The molecule has 0 aromatic heterocycles. The van der Waals surface area contributed by atoms with E-state index in [0.717, 1.165) is 137 Å². The van der Waals surface area contributed by atoms with Crippen LogP contribution in [0.4, 0.5) is 0 Å². The lowest BCUT2D eigenvalue weighted by Gasteiger charge is -2.44. The summed E-state index contributed by atoms with van der Waals surface area (Å²) in [6.07, 6.45) is -16.5. The number of carbonyl (C=O) groups is 9. The van der Waals surface area contributed by atoms with Gasteiger partial charge < -0.3 is 167 Å². The Morgan fingerprint density at radius 3 is 1.59 bits per heavy atom. The van der Waals surface area contributed by atoms with Crippen molar-refractivity contribution in [2.24, 2.45) is 5.73 Å². The van der Waals surface area contributed by atoms with Crippen molar-refractivity contribution in [2.45, 2.75) is 251 Å². The molecular weight excluding hydrogens is 1850 g/mol. The lowest BCUT2D eigenvalue weighted by Crippen LogP contribution is -2.65. The summed E-state index contributed by atoms with van der Waals surface area (Å²) < 4.78 is 57.7. The molecule has 9 heterocycles. The van der Waals surface area contributed by atoms with Crippen LogP contribution in [-0.2, 0) is 68.5 Å². The predicted molar refractivity (Wildman–Crippen MR) is 481 cm³/mol. The number of unbranched alkanes of at least 4 members (excludes halogenated alkanes) is 12. The summed E-state index contributed by atoms with van der Waals surface area (Å²) in [7, 11) is 0. The second-order valence-corrected chi connectivity index (χ2v) is 35.6. The number of aliphatic hydroxyl groups excluding tert-OH is 10. The number of aromatic hydroxyl groups is 4. The van der Waals surface area contributed by atoms with Crippen molar-refractivity contribution in [1.82, 2.24) is 42.5 Å². The molecule has 742 valence electrons. The van der Waals surface area contributed by atoms with Crippen molar-refractivity contribution in [3.63, 3.8) is 0 Å². The molecule has 9 aliphatic heterocycles. The number of halogens is 2. The second kappa shape index (κ2) is 44.8. The van der Waals surface area contributed by atoms with Gasteiger partial charge in [-0.15, -0.1) is 0 Å². The number of hydrogen-bond acceptors (Lipinski definition) is 33. The minimum Gasteiger partial charge on any atom is -0.508 e. The molecule has 8 amide bonds. The number of phenolic OH excluding ortho intramolecular Hbond substituents is 4. The largest absolute Gasteiger partial charge is 0.508 e. The molecule has 42 nitrogen and oxygen atoms in total. The normalized spacial score (nSPS) is 28.1. The van der Waals surface area contributed by atoms with Crippen molar-refractivity contribution in [3.05, 3.63) is 164 Å². The van der Waals surface area contributed by atoms with E-state index in [1.807, 2.05) is 0 Å². The van der Waals surface area contributed by atoms with Crippen LogP contribution in [0.1, 0.15) is 179 Å². The highest BCUT2D eigenvalue weighted by Crippen LogP contribution is 2.51. The Labute approximate surface area is 797 Å². The van der Waals surface area contributed by atoms with Crippen LogP contribution < -0.4 is 72.0 Å². The van der Waals surface area contributed by atoms with Crippen molar-refractivity contribution in [1.29, 1.82) is 0 Å². The molecule has 9 aliphatic rings. The Bertz CT molecular complexity index is 5670. The third-order valence-electron chi connectivity index (χ3n) is 25.0. The fraction of sp³-hybridized carbons (Fsp3) is 0.457. The van der Waals surface area contributed by atoms with Crippen LogP contribution in [-0.4, -0.2) is 254 Å². The van der Waals surface area contributed by atoms with Gasteiger partial charge in [-0.25, -0.2) is 4.79 Å². The Morgan fingerprint density at radius 2 is 0.986 bits per heavy atom. The number of phenols is 4. The molecule has 0 aliphatic carbocycles. The monoisotopic (exact) mass is 1960 g/mol. The minimum atomic E-state index is -2.59. The van der Waals surface area contributed by atoms with Crippen molar-refractivity contribution < 1.29 is 162 Å². The van der Waals surface area contributed by atoms with E-state index >= 15 is 24.0 Å². The number of carboxylic acids is 1. The van der Waals surface area contributed by atoms with Gasteiger partial charge in [-0.05, 0) is 119 Å². The number of aliphatic carboxylic acids is 1. The molecular formula is C94H109Cl2N9O33. The van der Waals surface area contributed by atoms with Gasteiger partial charge in [-0.2, -0.15) is 0 Å². The summed E-state index contributed by atoms with van der Waals surface area (Å²) in [5.41, 5.74) is 2.83. The van der Waals surface area contributed by atoms with Crippen LogP contribution in [0.2, 0.25) is 10.0 Å². The van der Waals surface area contributed by atoms with Gasteiger partial charge >= 0.3 is 5.97 Å². The molecule has 16 rings (SSSR count). The van der Waals surface area contributed by atoms with Gasteiger partial charge in [0.05, 0.1) is 29.9 Å². The Kier molecular flexibility index (Phi) is 33.1. The number of ether oxygens (including phenoxy) is 9. The number of aliphatic hydroxyl groups is 10. The maximum absolute atomic E-state index is 17.1. The molecule has 7 aromatic carbocycles. The zero-order valence-electron chi connectivity index (χ0n) is 74.4. The van der Waals surface area contributed by atoms with E-state index < -0.39 is 310 Å². The van der Waals surface area contributed by atoms with E-state index in [1.54, 1.807) is 0 Å². The number of fused-ring (bicyclic) bond motifs is 14. The molecule has 0 saturated carbocycles. The lowest BCUT2D eigenvalue weighted by atomic mass is 9.89. The number of carbonyl (C=O) groups excluding carboxylic acids is 8. The second-order valence-electron chi connectivity index (χ2n) is 34.8. The van der Waals surface area contributed by atoms with Crippen LogP contribution in [0.3, 0.4) is 0 Å². The number of rotatable bonds is 26. The number of nitrogens with two attached hydrogens (primary N) is 1. The van der Waals surface area contributed by atoms with E-state index in [2.05, 4.69) is 49.5 Å². The van der Waals surface area contributed by atoms with Crippen LogP contribution >= 0.6 is 23.2 Å². The Morgan fingerprint density at radius 1 is 0.464 bits per heavy atom. The summed E-state index contributed by atoms with van der Waals surface area (Å²) in [6, 6.07) is 0.764. The summed E-state index contributed by atoms with van der Waals surface area (Å²) in [4.78, 5) is 139. The molecule has 23 atom stereocenters. The smallest absolute Gasteiger partial charge is 0.330 e. The van der Waals surface area contributed by atoms with E-state index in [-0.39, 0.29) is 45.4 Å². The number of hydrogen-bond donors (Lipinski definition) is 24. The van der Waals surface area contributed by atoms with Gasteiger partial charge in [0.25, 0.3) is 0 Å². The highest BCUT2D eigenvalue weighted by atomic mass is 35.5. The van der Waals surface area contributed by atoms with Gasteiger partial charge in [-0.3, -0.25) is 38.4 Å². The molecule has 3 saturated heterocycles. The van der Waals surface area contributed by atoms with Crippen molar-refractivity contribution in [3.8, 4) is 80.1 Å². The molecule has 3 fully saturated rings. The van der Waals surface area contributed by atoms with Crippen LogP contribution in [0, 0.1) is 0 Å². The summed E-state index contributed by atoms with van der Waals surface area (Å²) in [5, 5.41) is 191. The third-order valence-corrected chi connectivity index (χ3v) is 25.5. The van der Waals surface area contributed by atoms with E-state index in [0.29, 0.717) is 12.8 Å². The first-order chi connectivity index (χ1) is 66.0. The van der Waals surface area contributed by atoms with E-state index in [1.165, 1.54) is 56.0 Å². The number of carboxylic acid groups (broad SMARTS) is 1. The standard InChI is InChI=1S/C94H109Cl2N9O33/c1-3-4-5-6-7-8-9-10-11-12-13-14-15-16-66(114)100-74-80(119)77(116)64(38-107)135-93(74)138-84-61-32-46-33-62(84)132-58-24-20-44(30-53(58)96)83(137-92-73(98-40(2)109)79(118)76(115)63(37-106)134-92)75-90(127)104-72(91(128)129)51-35-48(111)36-60(133-94-82(121)81(120)78(117)65(39-108)136-94)67(51)50-29-43(19-21-55(50)112)69(87(124)105-75)102-89(126)71(46)103-88(125)70-45-27-47(110)34-49(28-45)130-59-31-42(18-22-56(59)113)68(97)86(123)99-54(85(122)101-70)26-41-17-23-57(131-61)52(95)25-41/h17-25,27-36,54,63-65,68-83,92-94,106-108,110-113,115-121H,3-16,26,37-39,97H2,1-2H3,(H,98,109)(H,99,123)(H,100,114)(H,101,122)(H,102,126)(H,103,125)(H,104,127)(H,105,124)(H,128,129)/t54-,63?,64?,65?,68-,69-,70+,71-,72+,73+,74?,75+,76-,77-,78-,79?,80-,81-,82?,83-,92+,93+,94+/m1/s1. The summed E-state index contributed by atoms with van der Waals surface area (Å²) in [5.74, 6) is -19.5. The first-order valence-corrected chi connectivity index (χ1v) is 45.9. The topological polar surface area (TPSA) is 662 Å². The molecule has 138 heavy (non-hydrogen) atoms. The van der Waals surface area contributed by atoms with Gasteiger partial charge in [0, 0.05) is 48.6 Å². The number of amides is 8. The molecule has 0 spiro atoms. The van der Waals surface area contributed by atoms with Gasteiger partial charge in [-0.1, -0.05) is 131 Å². The van der Waals surface area contributed by atoms with Gasteiger partial charge in [0.1, 0.15) is 156 Å². The maximum atomic E-state index is 17.1. The zero-order valence-corrected chi connectivity index (χ0v) is 75.9. The summed E-state index contributed by atoms with van der Waals surface area (Å²) >= 11 is 14.8. The molecule has 17 bridgehead atoms. The van der Waals surface area contributed by atoms with Gasteiger partial charge in [0.15, 0.2) is 35.3 Å². The Balaban J connectivity index is 0.996. The average Bonchev–Trinajstić information content (AvgIpc) is 0.753. The Hall–Kier alpha value is -12.1. The molecule has 6 unspecified atom stereocenters. The molecule has 25 N–H and O–H groups in total. The van der Waals surface area contributed by atoms with E-state index in [9.17, 15) is 95.8 Å². The van der Waals surface area contributed by atoms with Crippen molar-refractivity contribution in [2.75, 3.05) is 19.8 Å². The first kappa shape index (κ1) is 102.